The van der Waals surface area contributed by atoms with Gasteiger partial charge < -0.3 is 15.2 Å². The van der Waals surface area contributed by atoms with Crippen LogP contribution in [0, 0.1) is 0 Å². The number of anilines is 1. The number of aromatic hydroxyl groups is 1. The summed E-state index contributed by atoms with van der Waals surface area (Å²) in [5.74, 6) is -0.0475. The van der Waals surface area contributed by atoms with Crippen molar-refractivity contribution < 1.29 is 14.6 Å². The first-order chi connectivity index (χ1) is 10.5. The molecule has 0 aliphatic rings. The Kier molecular flexibility index (Phi) is 5.31. The van der Waals surface area contributed by atoms with E-state index in [9.17, 15) is 9.90 Å². The van der Waals surface area contributed by atoms with Gasteiger partial charge in [0.2, 0.25) is 5.91 Å². The van der Waals surface area contributed by atoms with Crippen LogP contribution in [-0.2, 0) is 4.79 Å². The zero-order valence-electron chi connectivity index (χ0n) is 11.6. The smallest absolute Gasteiger partial charge is 0.248 e. The fourth-order valence-corrected chi connectivity index (χ4v) is 2.05. The van der Waals surface area contributed by atoms with Gasteiger partial charge in [-0.3, -0.25) is 4.79 Å². The number of ether oxygens (including phenoxy) is 1. The number of amides is 1. The molecule has 0 fully saturated rings. The molecule has 2 N–H and O–H groups in total. The predicted molar refractivity (Wildman–Crippen MR) is 88.8 cm³/mol. The van der Waals surface area contributed by atoms with Crippen molar-refractivity contribution in [2.24, 2.45) is 0 Å². The van der Waals surface area contributed by atoms with Crippen molar-refractivity contribution in [1.82, 2.24) is 0 Å². The molecule has 0 unspecified atom stereocenters. The number of phenolic OH excluding ortho intramolecular Hbond substituents is 1. The van der Waals surface area contributed by atoms with Crippen LogP contribution in [0.4, 0.5) is 5.69 Å². The van der Waals surface area contributed by atoms with E-state index in [0.29, 0.717) is 21.5 Å². The highest BCUT2D eigenvalue weighted by atomic mass is 35.5. The Bertz CT molecular complexity index is 729. The van der Waals surface area contributed by atoms with Crippen LogP contribution < -0.4 is 10.1 Å². The fourth-order valence-electron chi connectivity index (χ4n) is 1.74. The quantitative estimate of drug-likeness (QED) is 0.815. The van der Waals surface area contributed by atoms with Crippen LogP contribution in [0.25, 0.3) is 6.08 Å². The van der Waals surface area contributed by atoms with Gasteiger partial charge in [-0.1, -0.05) is 29.3 Å². The van der Waals surface area contributed by atoms with Gasteiger partial charge in [-0.25, -0.2) is 0 Å². The lowest BCUT2D eigenvalue weighted by atomic mass is 10.2. The van der Waals surface area contributed by atoms with Crippen molar-refractivity contribution in [2.75, 3.05) is 12.4 Å². The van der Waals surface area contributed by atoms with Gasteiger partial charge in [0.15, 0.2) is 11.5 Å². The minimum absolute atomic E-state index is 0.0474. The molecular formula is C16H13Cl2NO3. The molecule has 0 saturated carbocycles. The lowest BCUT2D eigenvalue weighted by Crippen LogP contribution is -2.07. The molecule has 0 aromatic heterocycles. The molecule has 4 nitrogen and oxygen atoms in total. The molecule has 0 atom stereocenters. The molecule has 0 aliphatic carbocycles. The first-order valence-corrected chi connectivity index (χ1v) is 7.06. The molecule has 0 aliphatic heterocycles. The number of methoxy groups -OCH3 is 1. The van der Waals surface area contributed by atoms with Crippen molar-refractivity contribution in [3.8, 4) is 11.5 Å². The summed E-state index contributed by atoms with van der Waals surface area (Å²) in [5.41, 5.74) is 1.21. The molecule has 6 heteroatoms. The summed E-state index contributed by atoms with van der Waals surface area (Å²) in [6, 6.07) is 9.66. The fraction of sp³-hybridized carbons (Fsp3) is 0.0625. The lowest BCUT2D eigenvalue weighted by molar-refractivity contribution is -0.111. The van der Waals surface area contributed by atoms with E-state index in [4.69, 9.17) is 27.9 Å². The Morgan fingerprint density at radius 2 is 1.95 bits per heavy atom. The topological polar surface area (TPSA) is 58.6 Å². The average molecular weight is 338 g/mol. The Balaban J connectivity index is 2.04. The molecule has 0 heterocycles. The van der Waals surface area contributed by atoms with Gasteiger partial charge in [0.25, 0.3) is 0 Å². The second kappa shape index (κ2) is 7.20. The summed E-state index contributed by atoms with van der Waals surface area (Å²) in [7, 11) is 1.45. The van der Waals surface area contributed by atoms with Gasteiger partial charge in [0.1, 0.15) is 0 Å². The standard InChI is InChI=1S/C16H13Cl2NO3/c1-22-15-6-4-11(9-14(15)20)19-16(21)7-3-10-2-5-12(17)13(18)8-10/h2-9,20H,1H3,(H,19,21)/b7-3+. The monoisotopic (exact) mass is 337 g/mol. The van der Waals surface area contributed by atoms with E-state index in [1.54, 1.807) is 36.4 Å². The number of hydrogen-bond donors (Lipinski definition) is 2. The van der Waals surface area contributed by atoms with Crippen LogP contribution in [0.5, 0.6) is 11.5 Å². The molecule has 2 aromatic rings. The Morgan fingerprint density at radius 1 is 1.18 bits per heavy atom. The van der Waals surface area contributed by atoms with Crippen molar-refractivity contribution in [1.29, 1.82) is 0 Å². The van der Waals surface area contributed by atoms with Crippen LogP contribution in [0.2, 0.25) is 10.0 Å². The maximum Gasteiger partial charge on any atom is 0.248 e. The third kappa shape index (κ3) is 4.16. The summed E-state index contributed by atoms with van der Waals surface area (Å²) in [6.07, 6.45) is 2.97. The zero-order chi connectivity index (χ0) is 16.1. The maximum atomic E-state index is 11.8. The normalized spacial score (nSPS) is 10.7. The predicted octanol–water partition coefficient (Wildman–Crippen LogP) is 4.36. The van der Waals surface area contributed by atoms with Crippen molar-refractivity contribution in [2.45, 2.75) is 0 Å². The summed E-state index contributed by atoms with van der Waals surface area (Å²) < 4.78 is 4.93. The van der Waals surface area contributed by atoms with Crippen LogP contribution in [-0.4, -0.2) is 18.1 Å². The lowest BCUT2D eigenvalue weighted by Gasteiger charge is -2.06. The largest absolute Gasteiger partial charge is 0.504 e. The molecule has 2 aromatic carbocycles. The number of halogens is 2. The SMILES string of the molecule is COc1ccc(NC(=O)/C=C/c2ccc(Cl)c(Cl)c2)cc1O. The Hall–Kier alpha value is -2.17. The number of rotatable bonds is 4. The van der Waals surface area contributed by atoms with Crippen molar-refractivity contribution >= 4 is 40.9 Å². The summed E-state index contributed by atoms with van der Waals surface area (Å²) in [4.78, 5) is 11.8. The minimum atomic E-state index is -0.337. The van der Waals surface area contributed by atoms with E-state index in [0.717, 1.165) is 5.56 Å². The molecule has 114 valence electrons. The molecule has 0 radical (unpaired) electrons. The van der Waals surface area contributed by atoms with Crippen LogP contribution >= 0.6 is 23.2 Å². The Labute approximate surface area is 137 Å². The number of carbonyl (C=O) groups is 1. The molecule has 22 heavy (non-hydrogen) atoms. The third-order valence-electron chi connectivity index (χ3n) is 2.82. The second-order valence-electron chi connectivity index (χ2n) is 4.38. The number of nitrogens with one attached hydrogen (secondary N) is 1. The average Bonchev–Trinajstić information content (AvgIpc) is 2.49. The van der Waals surface area contributed by atoms with Crippen LogP contribution in [0.3, 0.4) is 0 Å². The minimum Gasteiger partial charge on any atom is -0.504 e. The molecule has 2 rings (SSSR count). The van der Waals surface area contributed by atoms with Gasteiger partial charge in [-0.05, 0) is 35.9 Å². The molecule has 0 saturated heterocycles. The Morgan fingerprint density at radius 3 is 2.59 bits per heavy atom. The van der Waals surface area contributed by atoms with Gasteiger partial charge in [0.05, 0.1) is 17.2 Å². The van der Waals surface area contributed by atoms with E-state index in [1.807, 2.05) is 0 Å². The van der Waals surface area contributed by atoms with Gasteiger partial charge in [0, 0.05) is 17.8 Å². The summed E-state index contributed by atoms with van der Waals surface area (Å²) >= 11 is 11.7. The zero-order valence-corrected chi connectivity index (χ0v) is 13.2. The number of carbonyl (C=O) groups excluding carboxylic acids is 1. The highest BCUT2D eigenvalue weighted by molar-refractivity contribution is 6.42. The number of phenols is 1. The highest BCUT2D eigenvalue weighted by Crippen LogP contribution is 2.28. The second-order valence-corrected chi connectivity index (χ2v) is 5.20. The van der Waals surface area contributed by atoms with E-state index in [1.165, 1.54) is 19.3 Å². The van der Waals surface area contributed by atoms with Crippen LogP contribution in [0.15, 0.2) is 42.5 Å². The van der Waals surface area contributed by atoms with Gasteiger partial charge in [-0.2, -0.15) is 0 Å². The molecule has 1 amide bonds. The van der Waals surface area contributed by atoms with Crippen LogP contribution in [0.1, 0.15) is 5.56 Å². The molecule has 0 spiro atoms. The summed E-state index contributed by atoms with van der Waals surface area (Å²) in [6.45, 7) is 0. The maximum absolute atomic E-state index is 11.8. The number of hydrogen-bond acceptors (Lipinski definition) is 3. The third-order valence-corrected chi connectivity index (χ3v) is 3.56. The van der Waals surface area contributed by atoms with E-state index in [-0.39, 0.29) is 11.7 Å². The number of benzene rings is 2. The molecule has 0 bridgehead atoms. The van der Waals surface area contributed by atoms with Crippen molar-refractivity contribution in [3.63, 3.8) is 0 Å². The first-order valence-electron chi connectivity index (χ1n) is 6.30. The van der Waals surface area contributed by atoms with Gasteiger partial charge in [-0.15, -0.1) is 0 Å². The van der Waals surface area contributed by atoms with E-state index >= 15 is 0 Å². The summed E-state index contributed by atoms with van der Waals surface area (Å²) in [5, 5.41) is 13.2. The van der Waals surface area contributed by atoms with Gasteiger partial charge >= 0.3 is 0 Å². The molecular weight excluding hydrogens is 325 g/mol. The first kappa shape index (κ1) is 16.2. The highest BCUT2D eigenvalue weighted by Gasteiger charge is 2.04. The van der Waals surface area contributed by atoms with E-state index in [2.05, 4.69) is 5.32 Å². The van der Waals surface area contributed by atoms with Crippen molar-refractivity contribution in [3.05, 3.63) is 58.1 Å². The van der Waals surface area contributed by atoms with E-state index < -0.39 is 0 Å².